The van der Waals surface area contributed by atoms with Crippen molar-refractivity contribution >= 4 is 11.8 Å². The molecule has 0 saturated carbocycles. The number of esters is 1. The van der Waals surface area contributed by atoms with Crippen molar-refractivity contribution in [3.8, 4) is 22.8 Å². The van der Waals surface area contributed by atoms with Crippen molar-refractivity contribution in [1.29, 1.82) is 0 Å². The van der Waals surface area contributed by atoms with Gasteiger partial charge in [-0.3, -0.25) is 0 Å². The summed E-state index contributed by atoms with van der Waals surface area (Å²) in [6.45, 7) is 2.74. The molecular weight excluding hydrogens is 377 g/mol. The van der Waals surface area contributed by atoms with Crippen molar-refractivity contribution < 1.29 is 18.4 Å². The fourth-order valence-corrected chi connectivity index (χ4v) is 3.46. The highest BCUT2D eigenvalue weighted by molar-refractivity contribution is 5.82. The topological polar surface area (TPSA) is 94.2 Å². The molecule has 8 nitrogen and oxygen atoms in total. The fraction of sp³-hybridized carbons (Fsp3) is 0.350. The second-order valence-electron chi connectivity index (χ2n) is 6.62. The number of nitrogens with zero attached hydrogens (tertiary/aromatic N) is 5. The van der Waals surface area contributed by atoms with Crippen LogP contribution in [0.2, 0.25) is 0 Å². The lowest BCUT2D eigenvalue weighted by atomic mass is 10.0. The van der Waals surface area contributed by atoms with Crippen LogP contribution in [0.4, 0.5) is 10.2 Å². The molecule has 29 heavy (non-hydrogen) atoms. The molecule has 0 spiro atoms. The number of benzene rings is 1. The zero-order valence-corrected chi connectivity index (χ0v) is 15.9. The molecule has 9 heteroatoms. The van der Waals surface area contributed by atoms with E-state index < -0.39 is 11.9 Å². The first-order chi connectivity index (χ1) is 14.2. The van der Waals surface area contributed by atoms with Gasteiger partial charge < -0.3 is 14.2 Å². The molecule has 1 aliphatic rings. The van der Waals surface area contributed by atoms with Crippen LogP contribution in [0.3, 0.4) is 0 Å². The highest BCUT2D eigenvalue weighted by atomic mass is 19.1. The van der Waals surface area contributed by atoms with Crippen LogP contribution in [0, 0.1) is 5.82 Å². The normalized spacial score (nSPS) is 16.6. The van der Waals surface area contributed by atoms with Crippen LogP contribution >= 0.6 is 0 Å². The summed E-state index contributed by atoms with van der Waals surface area (Å²) in [6, 6.07) is 5.76. The SMILES string of the molecule is CCOC(=O)[C@@H]1CCCCN1c1ncncc1-c1nc(-c2ccccc2F)no1. The molecule has 0 aliphatic carbocycles. The Hall–Kier alpha value is -3.36. The number of carbonyl (C=O) groups excluding carboxylic acids is 1. The van der Waals surface area contributed by atoms with Gasteiger partial charge in [0.25, 0.3) is 5.89 Å². The van der Waals surface area contributed by atoms with Gasteiger partial charge in [-0.2, -0.15) is 4.98 Å². The molecule has 1 saturated heterocycles. The van der Waals surface area contributed by atoms with Crippen LogP contribution < -0.4 is 4.90 Å². The molecule has 0 amide bonds. The van der Waals surface area contributed by atoms with Gasteiger partial charge in [-0.1, -0.05) is 17.3 Å². The summed E-state index contributed by atoms with van der Waals surface area (Å²) in [7, 11) is 0. The standard InChI is InChI=1S/C20H20FN5O3/c1-2-28-20(27)16-9-5-6-10-26(16)18-14(11-22-12-23-18)19-24-17(25-29-19)13-7-3-4-8-15(13)21/h3-4,7-8,11-12,16H,2,5-6,9-10H2,1H3/t16-/m0/s1. The quantitative estimate of drug-likeness (QED) is 0.606. The third kappa shape index (κ3) is 3.80. The van der Waals surface area contributed by atoms with Crippen molar-refractivity contribution in [1.82, 2.24) is 20.1 Å². The average molecular weight is 397 g/mol. The molecule has 1 atom stereocenters. The second-order valence-corrected chi connectivity index (χ2v) is 6.62. The molecule has 3 heterocycles. The monoisotopic (exact) mass is 397 g/mol. The molecule has 0 unspecified atom stereocenters. The van der Waals surface area contributed by atoms with Crippen molar-refractivity contribution in [3.63, 3.8) is 0 Å². The molecular formula is C20H20FN5O3. The summed E-state index contributed by atoms with van der Waals surface area (Å²) in [4.78, 5) is 27.1. The first-order valence-electron chi connectivity index (χ1n) is 9.51. The van der Waals surface area contributed by atoms with Crippen molar-refractivity contribution in [2.75, 3.05) is 18.1 Å². The maximum atomic E-state index is 14.1. The number of ether oxygens (including phenoxy) is 1. The van der Waals surface area contributed by atoms with E-state index in [4.69, 9.17) is 9.26 Å². The van der Waals surface area contributed by atoms with E-state index >= 15 is 0 Å². The molecule has 150 valence electrons. The van der Waals surface area contributed by atoms with E-state index in [0.29, 0.717) is 31.0 Å². The Morgan fingerprint density at radius 1 is 1.31 bits per heavy atom. The van der Waals surface area contributed by atoms with Gasteiger partial charge in [0, 0.05) is 12.7 Å². The third-order valence-electron chi connectivity index (χ3n) is 4.80. The number of hydrogen-bond donors (Lipinski definition) is 0. The van der Waals surface area contributed by atoms with Crippen LogP contribution in [0.15, 0.2) is 41.3 Å². The maximum absolute atomic E-state index is 14.1. The Labute approximate surface area is 166 Å². The fourth-order valence-electron chi connectivity index (χ4n) is 3.46. The molecule has 3 aromatic rings. The summed E-state index contributed by atoms with van der Waals surface area (Å²) >= 11 is 0. The summed E-state index contributed by atoms with van der Waals surface area (Å²) in [5, 5.41) is 3.90. The molecule has 2 aromatic heterocycles. The third-order valence-corrected chi connectivity index (χ3v) is 4.80. The number of aromatic nitrogens is 4. The van der Waals surface area contributed by atoms with Gasteiger partial charge in [0.2, 0.25) is 5.82 Å². The number of rotatable bonds is 5. The van der Waals surface area contributed by atoms with Crippen LogP contribution in [0.1, 0.15) is 26.2 Å². The lowest BCUT2D eigenvalue weighted by Crippen LogP contribution is -2.46. The number of piperidine rings is 1. The summed E-state index contributed by atoms with van der Waals surface area (Å²) < 4.78 is 24.7. The maximum Gasteiger partial charge on any atom is 0.328 e. The lowest BCUT2D eigenvalue weighted by Gasteiger charge is -2.35. The minimum absolute atomic E-state index is 0.133. The first kappa shape index (κ1) is 19.0. The first-order valence-corrected chi connectivity index (χ1v) is 9.51. The molecule has 0 bridgehead atoms. The Bertz CT molecular complexity index is 1010. The number of halogens is 1. The van der Waals surface area contributed by atoms with E-state index in [1.54, 1.807) is 31.3 Å². The number of hydrogen-bond acceptors (Lipinski definition) is 8. The van der Waals surface area contributed by atoms with Crippen LogP contribution in [0.25, 0.3) is 22.8 Å². The molecule has 1 aliphatic heterocycles. The Morgan fingerprint density at radius 2 is 2.17 bits per heavy atom. The van der Waals surface area contributed by atoms with Gasteiger partial charge in [0.1, 0.15) is 29.6 Å². The second kappa shape index (κ2) is 8.34. The van der Waals surface area contributed by atoms with Crippen LogP contribution in [-0.4, -0.2) is 45.3 Å². The molecule has 4 rings (SSSR count). The van der Waals surface area contributed by atoms with Crippen molar-refractivity contribution in [2.24, 2.45) is 0 Å². The largest absolute Gasteiger partial charge is 0.464 e. The lowest BCUT2D eigenvalue weighted by molar-refractivity contribution is -0.145. The molecule has 0 N–H and O–H groups in total. The van der Waals surface area contributed by atoms with Crippen LogP contribution in [-0.2, 0) is 9.53 Å². The summed E-state index contributed by atoms with van der Waals surface area (Å²) in [5.74, 6) is 0.0825. The Morgan fingerprint density at radius 3 is 3.00 bits per heavy atom. The van der Waals surface area contributed by atoms with Crippen LogP contribution in [0.5, 0.6) is 0 Å². The van der Waals surface area contributed by atoms with E-state index in [9.17, 15) is 9.18 Å². The summed E-state index contributed by atoms with van der Waals surface area (Å²) in [6.07, 6.45) is 5.48. The minimum Gasteiger partial charge on any atom is -0.464 e. The number of anilines is 1. The van der Waals surface area contributed by atoms with Gasteiger partial charge >= 0.3 is 5.97 Å². The highest BCUT2D eigenvalue weighted by Crippen LogP contribution is 2.33. The molecule has 0 radical (unpaired) electrons. The van der Waals surface area contributed by atoms with Crippen molar-refractivity contribution in [3.05, 3.63) is 42.6 Å². The van der Waals surface area contributed by atoms with Gasteiger partial charge in [-0.15, -0.1) is 0 Å². The Kier molecular flexibility index (Phi) is 5.46. The summed E-state index contributed by atoms with van der Waals surface area (Å²) in [5.41, 5.74) is 0.724. The van der Waals surface area contributed by atoms with Gasteiger partial charge in [-0.05, 0) is 38.3 Å². The van der Waals surface area contributed by atoms with Gasteiger partial charge in [-0.25, -0.2) is 19.2 Å². The van der Waals surface area contributed by atoms with E-state index in [0.717, 1.165) is 12.8 Å². The zero-order chi connectivity index (χ0) is 20.2. The minimum atomic E-state index is -0.442. The predicted molar refractivity (Wildman–Crippen MR) is 102 cm³/mol. The van der Waals surface area contributed by atoms with E-state index in [1.165, 1.54) is 12.4 Å². The van der Waals surface area contributed by atoms with Gasteiger partial charge in [0.05, 0.1) is 12.2 Å². The molecule has 1 fully saturated rings. The zero-order valence-electron chi connectivity index (χ0n) is 15.9. The predicted octanol–water partition coefficient (Wildman–Crippen LogP) is 3.25. The van der Waals surface area contributed by atoms with E-state index in [2.05, 4.69) is 20.1 Å². The Balaban J connectivity index is 1.70. The molecule has 1 aromatic carbocycles. The highest BCUT2D eigenvalue weighted by Gasteiger charge is 2.33. The number of carbonyl (C=O) groups is 1. The smallest absolute Gasteiger partial charge is 0.328 e. The van der Waals surface area contributed by atoms with E-state index in [1.807, 2.05) is 4.90 Å². The van der Waals surface area contributed by atoms with Gasteiger partial charge in [0.15, 0.2) is 0 Å². The average Bonchev–Trinajstić information content (AvgIpc) is 3.24. The van der Waals surface area contributed by atoms with E-state index in [-0.39, 0.29) is 23.2 Å². The van der Waals surface area contributed by atoms with Crippen molar-refractivity contribution in [2.45, 2.75) is 32.2 Å².